The van der Waals surface area contributed by atoms with Crippen molar-refractivity contribution in [1.82, 2.24) is 0 Å². The van der Waals surface area contributed by atoms with Crippen LogP contribution in [0.25, 0.3) is 0 Å². The molecule has 0 saturated heterocycles. The molecule has 2 aliphatic heterocycles. The van der Waals surface area contributed by atoms with Gasteiger partial charge in [0, 0.05) is 17.2 Å². The van der Waals surface area contributed by atoms with Crippen LogP contribution in [0.15, 0.2) is 36.4 Å². The lowest BCUT2D eigenvalue weighted by Gasteiger charge is -2.27. The number of rotatable bonds is 1. The van der Waals surface area contributed by atoms with Crippen molar-refractivity contribution in [2.24, 2.45) is 0 Å². The number of fused-ring (bicyclic) bond motifs is 5. The first-order valence-corrected chi connectivity index (χ1v) is 6.56. The topological polar surface area (TPSA) is 47.9 Å². The van der Waals surface area contributed by atoms with E-state index in [-0.39, 0.29) is 17.8 Å². The Balaban J connectivity index is 1.78. The van der Waals surface area contributed by atoms with Gasteiger partial charge in [0.25, 0.3) is 0 Å². The number of phenolic OH excluding ortho intramolecular Hbond substituents is 1. The van der Waals surface area contributed by atoms with Gasteiger partial charge in [0.1, 0.15) is 29.1 Å². The zero-order valence-corrected chi connectivity index (χ0v) is 11.0. The minimum atomic E-state index is -0.0542. The molecule has 20 heavy (non-hydrogen) atoms. The maximum Gasteiger partial charge on any atom is 0.138 e. The van der Waals surface area contributed by atoms with Crippen LogP contribution in [0.2, 0.25) is 0 Å². The first-order valence-electron chi connectivity index (χ1n) is 6.56. The van der Waals surface area contributed by atoms with Crippen LogP contribution in [0.5, 0.6) is 23.0 Å². The van der Waals surface area contributed by atoms with Gasteiger partial charge in [-0.05, 0) is 30.3 Å². The van der Waals surface area contributed by atoms with Gasteiger partial charge in [-0.3, -0.25) is 0 Å². The molecule has 0 fully saturated rings. The molecule has 2 heterocycles. The van der Waals surface area contributed by atoms with Gasteiger partial charge in [-0.25, -0.2) is 0 Å². The minimum absolute atomic E-state index is 0.0542. The molecule has 0 aliphatic carbocycles. The summed E-state index contributed by atoms with van der Waals surface area (Å²) in [7, 11) is 1.66. The highest BCUT2D eigenvalue weighted by molar-refractivity contribution is 5.52. The molecule has 2 aliphatic rings. The molecule has 2 aromatic rings. The Morgan fingerprint density at radius 1 is 1.10 bits per heavy atom. The largest absolute Gasteiger partial charge is 0.508 e. The summed E-state index contributed by atoms with van der Waals surface area (Å²) in [5.74, 6) is 2.78. The highest BCUT2D eigenvalue weighted by atomic mass is 16.5. The van der Waals surface area contributed by atoms with E-state index in [1.807, 2.05) is 24.3 Å². The average Bonchev–Trinajstić information content (AvgIpc) is 2.84. The minimum Gasteiger partial charge on any atom is -0.508 e. The quantitative estimate of drug-likeness (QED) is 0.865. The van der Waals surface area contributed by atoms with E-state index in [2.05, 4.69) is 0 Å². The van der Waals surface area contributed by atoms with Crippen molar-refractivity contribution in [2.75, 3.05) is 13.7 Å². The number of phenols is 1. The molecular formula is C16H14O4. The summed E-state index contributed by atoms with van der Waals surface area (Å²) >= 11 is 0. The van der Waals surface area contributed by atoms with Gasteiger partial charge < -0.3 is 19.3 Å². The third kappa shape index (κ3) is 1.54. The van der Waals surface area contributed by atoms with Gasteiger partial charge in [-0.1, -0.05) is 0 Å². The van der Waals surface area contributed by atoms with Gasteiger partial charge in [0.15, 0.2) is 0 Å². The summed E-state index contributed by atoms with van der Waals surface area (Å²) in [5.41, 5.74) is 2.10. The third-order valence-corrected chi connectivity index (χ3v) is 3.96. The fraction of sp³-hybridized carbons (Fsp3) is 0.250. The Hall–Kier alpha value is -2.36. The fourth-order valence-electron chi connectivity index (χ4n) is 2.95. The van der Waals surface area contributed by atoms with Crippen molar-refractivity contribution >= 4 is 0 Å². The summed E-state index contributed by atoms with van der Waals surface area (Å²) in [4.78, 5) is 0. The SMILES string of the molecule is COc1ccc2c(c1)C1COc3cc(O)ccc3C1O2. The number of hydrogen-bond donors (Lipinski definition) is 1. The lowest BCUT2D eigenvalue weighted by Crippen LogP contribution is -2.23. The maximum atomic E-state index is 9.53. The van der Waals surface area contributed by atoms with E-state index in [1.165, 1.54) is 0 Å². The van der Waals surface area contributed by atoms with Gasteiger partial charge >= 0.3 is 0 Å². The second-order valence-electron chi connectivity index (χ2n) is 5.08. The highest BCUT2D eigenvalue weighted by Gasteiger charge is 2.40. The van der Waals surface area contributed by atoms with E-state index in [4.69, 9.17) is 14.2 Å². The number of aromatic hydroxyl groups is 1. The second kappa shape index (κ2) is 4.07. The maximum absolute atomic E-state index is 9.53. The first kappa shape index (κ1) is 11.5. The third-order valence-electron chi connectivity index (χ3n) is 3.96. The van der Waals surface area contributed by atoms with Crippen LogP contribution in [-0.4, -0.2) is 18.8 Å². The number of benzene rings is 2. The van der Waals surface area contributed by atoms with Crippen LogP contribution in [0.3, 0.4) is 0 Å². The van der Waals surface area contributed by atoms with Gasteiger partial charge in [-0.2, -0.15) is 0 Å². The van der Waals surface area contributed by atoms with E-state index < -0.39 is 0 Å². The van der Waals surface area contributed by atoms with Crippen molar-refractivity contribution in [3.05, 3.63) is 47.5 Å². The Bertz CT molecular complexity index is 680. The van der Waals surface area contributed by atoms with Crippen LogP contribution in [0.4, 0.5) is 0 Å². The van der Waals surface area contributed by atoms with Gasteiger partial charge in [-0.15, -0.1) is 0 Å². The Kier molecular flexibility index (Phi) is 2.33. The summed E-state index contributed by atoms with van der Waals surface area (Å²) in [6.07, 6.45) is -0.0542. The monoisotopic (exact) mass is 270 g/mol. The molecule has 0 bridgehead atoms. The van der Waals surface area contributed by atoms with Gasteiger partial charge in [0.05, 0.1) is 19.6 Å². The van der Waals surface area contributed by atoms with Crippen LogP contribution in [0, 0.1) is 0 Å². The zero-order valence-electron chi connectivity index (χ0n) is 11.0. The Labute approximate surface area is 116 Å². The molecular weight excluding hydrogens is 256 g/mol. The van der Waals surface area contributed by atoms with Crippen molar-refractivity contribution in [2.45, 2.75) is 12.0 Å². The molecule has 2 unspecified atom stereocenters. The molecule has 0 spiro atoms. The van der Waals surface area contributed by atoms with Crippen LogP contribution < -0.4 is 14.2 Å². The standard InChI is InChI=1S/C16H14O4/c1-18-10-3-5-14-12(7-10)13-8-19-15-6-9(17)2-4-11(15)16(13)20-14/h2-7,13,16-17H,8H2,1H3. The number of ether oxygens (including phenoxy) is 3. The Morgan fingerprint density at radius 3 is 2.85 bits per heavy atom. The predicted molar refractivity (Wildman–Crippen MR) is 72.7 cm³/mol. The highest BCUT2D eigenvalue weighted by Crippen LogP contribution is 2.52. The normalized spacial score (nSPS) is 22.1. The molecule has 4 nitrogen and oxygen atoms in total. The van der Waals surface area contributed by atoms with E-state index in [0.29, 0.717) is 12.4 Å². The lowest BCUT2D eigenvalue weighted by atomic mass is 9.89. The Morgan fingerprint density at radius 2 is 2.00 bits per heavy atom. The molecule has 0 saturated carbocycles. The van der Waals surface area contributed by atoms with Crippen LogP contribution in [-0.2, 0) is 0 Å². The van der Waals surface area contributed by atoms with Crippen LogP contribution in [0.1, 0.15) is 23.1 Å². The van der Waals surface area contributed by atoms with E-state index >= 15 is 0 Å². The molecule has 2 aromatic carbocycles. The average molecular weight is 270 g/mol. The zero-order chi connectivity index (χ0) is 13.7. The molecule has 1 N–H and O–H groups in total. The molecule has 0 radical (unpaired) electrons. The van der Waals surface area contributed by atoms with Crippen molar-refractivity contribution in [3.63, 3.8) is 0 Å². The summed E-state index contributed by atoms with van der Waals surface area (Å²) in [6.45, 7) is 0.543. The van der Waals surface area contributed by atoms with E-state index in [0.717, 1.165) is 22.6 Å². The van der Waals surface area contributed by atoms with Gasteiger partial charge in [0.2, 0.25) is 0 Å². The molecule has 0 aromatic heterocycles. The van der Waals surface area contributed by atoms with Crippen molar-refractivity contribution in [1.29, 1.82) is 0 Å². The smallest absolute Gasteiger partial charge is 0.138 e. The first-order chi connectivity index (χ1) is 9.76. The van der Waals surface area contributed by atoms with E-state index in [9.17, 15) is 5.11 Å². The molecule has 4 rings (SSSR count). The molecule has 102 valence electrons. The van der Waals surface area contributed by atoms with Crippen molar-refractivity contribution < 1.29 is 19.3 Å². The summed E-state index contributed by atoms with van der Waals surface area (Å²) < 4.78 is 17.1. The number of methoxy groups -OCH3 is 1. The second-order valence-corrected chi connectivity index (χ2v) is 5.08. The van der Waals surface area contributed by atoms with Crippen molar-refractivity contribution in [3.8, 4) is 23.0 Å². The fourth-order valence-corrected chi connectivity index (χ4v) is 2.95. The summed E-state index contributed by atoms with van der Waals surface area (Å²) in [5, 5.41) is 9.53. The predicted octanol–water partition coefficient (Wildman–Crippen LogP) is 3.01. The summed E-state index contributed by atoms with van der Waals surface area (Å²) in [6, 6.07) is 11.0. The molecule has 4 heteroatoms. The lowest BCUT2D eigenvalue weighted by molar-refractivity contribution is 0.139. The number of hydrogen-bond acceptors (Lipinski definition) is 4. The molecule has 0 amide bonds. The van der Waals surface area contributed by atoms with Crippen LogP contribution >= 0.6 is 0 Å². The van der Waals surface area contributed by atoms with E-state index in [1.54, 1.807) is 19.2 Å². The molecule has 2 atom stereocenters.